The lowest BCUT2D eigenvalue weighted by molar-refractivity contribution is 0.755. The maximum absolute atomic E-state index is 5.96. The molecule has 2 N–H and O–H groups in total. The number of nitrogens with two attached hydrogens (primary N) is 1. The molecule has 0 aliphatic carbocycles. The Labute approximate surface area is 116 Å². The van der Waals surface area contributed by atoms with Crippen LogP contribution in [0.5, 0.6) is 0 Å². The molecule has 0 atom stereocenters. The van der Waals surface area contributed by atoms with Crippen molar-refractivity contribution in [3.8, 4) is 17.1 Å². The highest BCUT2D eigenvalue weighted by molar-refractivity contribution is 5.68. The maximum Gasteiger partial charge on any atom is 0.187 e. The first-order valence-corrected chi connectivity index (χ1v) is 6.22. The number of nitrogen functional groups attached to an aromatic ring is 1. The molecular formula is C13H15N7. The van der Waals surface area contributed by atoms with E-state index in [2.05, 4.69) is 20.6 Å². The Bertz CT molecular complexity index is 769. The third-order valence-corrected chi connectivity index (χ3v) is 3.30. The average Bonchev–Trinajstić information content (AvgIpc) is 2.99. The van der Waals surface area contributed by atoms with Crippen LogP contribution in [0.25, 0.3) is 17.1 Å². The summed E-state index contributed by atoms with van der Waals surface area (Å²) in [7, 11) is 1.87. The van der Waals surface area contributed by atoms with Crippen LogP contribution in [-0.4, -0.2) is 30.0 Å². The molecule has 0 unspecified atom stereocenters. The molecular weight excluding hydrogens is 254 g/mol. The average molecular weight is 269 g/mol. The van der Waals surface area contributed by atoms with Gasteiger partial charge in [-0.2, -0.15) is 9.78 Å². The van der Waals surface area contributed by atoms with Crippen molar-refractivity contribution < 1.29 is 0 Å². The summed E-state index contributed by atoms with van der Waals surface area (Å²) in [5.74, 6) is 0.658. The SMILES string of the molecule is Cc1nn(C)cc1-n1nnnc1-c1cccc(N)c1C. The number of anilines is 1. The first-order valence-electron chi connectivity index (χ1n) is 6.22. The summed E-state index contributed by atoms with van der Waals surface area (Å²) in [6, 6.07) is 5.72. The highest BCUT2D eigenvalue weighted by atomic mass is 15.5. The number of benzene rings is 1. The van der Waals surface area contributed by atoms with Gasteiger partial charge in [0.05, 0.1) is 11.9 Å². The molecule has 0 amide bonds. The second kappa shape index (κ2) is 4.44. The summed E-state index contributed by atoms with van der Waals surface area (Å²) >= 11 is 0. The van der Waals surface area contributed by atoms with E-state index in [4.69, 9.17) is 5.73 Å². The fourth-order valence-corrected chi connectivity index (χ4v) is 2.21. The molecule has 0 saturated heterocycles. The van der Waals surface area contributed by atoms with Crippen LogP contribution in [0.15, 0.2) is 24.4 Å². The van der Waals surface area contributed by atoms with Crippen molar-refractivity contribution in [2.24, 2.45) is 7.05 Å². The summed E-state index contributed by atoms with van der Waals surface area (Å²) in [5, 5.41) is 16.3. The van der Waals surface area contributed by atoms with Gasteiger partial charge in [0.25, 0.3) is 0 Å². The van der Waals surface area contributed by atoms with Gasteiger partial charge in [-0.05, 0) is 35.9 Å². The van der Waals surface area contributed by atoms with E-state index in [1.54, 1.807) is 9.36 Å². The van der Waals surface area contributed by atoms with Gasteiger partial charge in [0.2, 0.25) is 0 Å². The maximum atomic E-state index is 5.96. The fraction of sp³-hybridized carbons (Fsp3) is 0.231. The van der Waals surface area contributed by atoms with E-state index in [0.717, 1.165) is 28.2 Å². The monoisotopic (exact) mass is 269 g/mol. The Kier molecular flexibility index (Phi) is 2.74. The van der Waals surface area contributed by atoms with Gasteiger partial charge in [0.15, 0.2) is 5.82 Å². The zero-order valence-electron chi connectivity index (χ0n) is 11.6. The molecule has 2 aromatic heterocycles. The summed E-state index contributed by atoms with van der Waals surface area (Å²) in [6.45, 7) is 3.88. The standard InChI is InChI=1S/C13H15N7/c1-8-10(5-4-6-11(8)14)13-15-17-18-20(13)12-7-19(3)16-9(12)2/h4-7H,14H2,1-3H3. The van der Waals surface area contributed by atoms with Crippen LogP contribution in [0.2, 0.25) is 0 Å². The van der Waals surface area contributed by atoms with Gasteiger partial charge in [0, 0.05) is 18.3 Å². The van der Waals surface area contributed by atoms with Crippen molar-refractivity contribution in [1.29, 1.82) is 0 Å². The van der Waals surface area contributed by atoms with Gasteiger partial charge in [-0.15, -0.1) is 5.10 Å². The number of rotatable bonds is 2. The topological polar surface area (TPSA) is 87.4 Å². The Morgan fingerprint density at radius 1 is 1.20 bits per heavy atom. The minimum Gasteiger partial charge on any atom is -0.398 e. The lowest BCUT2D eigenvalue weighted by Crippen LogP contribution is -2.02. The van der Waals surface area contributed by atoms with Crippen LogP contribution >= 0.6 is 0 Å². The number of tetrazole rings is 1. The van der Waals surface area contributed by atoms with Crippen molar-refractivity contribution in [1.82, 2.24) is 30.0 Å². The summed E-state index contributed by atoms with van der Waals surface area (Å²) in [4.78, 5) is 0. The Hall–Kier alpha value is -2.70. The van der Waals surface area contributed by atoms with Crippen molar-refractivity contribution >= 4 is 5.69 Å². The first kappa shape index (κ1) is 12.3. The van der Waals surface area contributed by atoms with Crippen molar-refractivity contribution in [2.45, 2.75) is 13.8 Å². The molecule has 3 rings (SSSR count). The Morgan fingerprint density at radius 2 is 2.00 bits per heavy atom. The van der Waals surface area contributed by atoms with E-state index in [1.807, 2.05) is 45.3 Å². The van der Waals surface area contributed by atoms with Crippen molar-refractivity contribution in [2.75, 3.05) is 5.73 Å². The van der Waals surface area contributed by atoms with Crippen LogP contribution in [0.4, 0.5) is 5.69 Å². The smallest absolute Gasteiger partial charge is 0.187 e. The van der Waals surface area contributed by atoms with Gasteiger partial charge in [0.1, 0.15) is 5.69 Å². The predicted octanol–water partition coefficient (Wildman–Crippen LogP) is 1.26. The van der Waals surface area contributed by atoms with Gasteiger partial charge in [-0.1, -0.05) is 12.1 Å². The zero-order valence-corrected chi connectivity index (χ0v) is 11.6. The molecule has 1 aromatic carbocycles. The van der Waals surface area contributed by atoms with Crippen LogP contribution < -0.4 is 5.73 Å². The van der Waals surface area contributed by atoms with Crippen molar-refractivity contribution in [3.05, 3.63) is 35.7 Å². The molecule has 20 heavy (non-hydrogen) atoms. The normalized spacial score (nSPS) is 10.9. The molecule has 7 nitrogen and oxygen atoms in total. The van der Waals surface area contributed by atoms with E-state index in [-0.39, 0.29) is 0 Å². The lowest BCUT2D eigenvalue weighted by Gasteiger charge is -2.08. The summed E-state index contributed by atoms with van der Waals surface area (Å²) < 4.78 is 3.42. The van der Waals surface area contributed by atoms with Gasteiger partial charge < -0.3 is 5.73 Å². The van der Waals surface area contributed by atoms with E-state index in [0.29, 0.717) is 5.82 Å². The molecule has 0 saturated carbocycles. The second-order valence-corrected chi connectivity index (χ2v) is 4.71. The molecule has 2 heterocycles. The lowest BCUT2D eigenvalue weighted by atomic mass is 10.1. The molecule has 0 aliphatic rings. The predicted molar refractivity (Wildman–Crippen MR) is 75.2 cm³/mol. The molecule has 3 aromatic rings. The number of nitrogens with zero attached hydrogens (tertiary/aromatic N) is 6. The van der Waals surface area contributed by atoms with E-state index >= 15 is 0 Å². The first-order chi connectivity index (χ1) is 9.58. The molecule has 102 valence electrons. The van der Waals surface area contributed by atoms with Gasteiger partial charge in [-0.25, -0.2) is 0 Å². The highest BCUT2D eigenvalue weighted by Crippen LogP contribution is 2.26. The van der Waals surface area contributed by atoms with E-state index < -0.39 is 0 Å². The summed E-state index contributed by atoms with van der Waals surface area (Å²) in [6.07, 6.45) is 1.89. The van der Waals surface area contributed by atoms with Crippen LogP contribution in [-0.2, 0) is 7.05 Å². The zero-order chi connectivity index (χ0) is 14.3. The minimum absolute atomic E-state index is 0.658. The highest BCUT2D eigenvalue weighted by Gasteiger charge is 2.16. The van der Waals surface area contributed by atoms with Crippen molar-refractivity contribution in [3.63, 3.8) is 0 Å². The molecule has 0 fully saturated rings. The van der Waals surface area contributed by atoms with Gasteiger partial charge >= 0.3 is 0 Å². The van der Waals surface area contributed by atoms with Crippen LogP contribution in [0, 0.1) is 13.8 Å². The quantitative estimate of drug-likeness (QED) is 0.708. The molecule has 0 spiro atoms. The number of aromatic nitrogens is 6. The largest absolute Gasteiger partial charge is 0.398 e. The fourth-order valence-electron chi connectivity index (χ4n) is 2.21. The molecule has 0 aliphatic heterocycles. The van der Waals surface area contributed by atoms with Crippen LogP contribution in [0.3, 0.4) is 0 Å². The number of hydrogen-bond acceptors (Lipinski definition) is 5. The Balaban J connectivity index is 2.20. The molecule has 7 heteroatoms. The van der Waals surface area contributed by atoms with Gasteiger partial charge in [-0.3, -0.25) is 4.68 Å². The summed E-state index contributed by atoms with van der Waals surface area (Å²) in [5.41, 5.74) is 10.3. The molecule has 0 bridgehead atoms. The Morgan fingerprint density at radius 3 is 2.70 bits per heavy atom. The van der Waals surface area contributed by atoms with Crippen LogP contribution in [0.1, 0.15) is 11.3 Å². The third kappa shape index (κ3) is 1.83. The minimum atomic E-state index is 0.658. The number of hydrogen-bond donors (Lipinski definition) is 1. The van der Waals surface area contributed by atoms with E-state index in [1.165, 1.54) is 0 Å². The van der Waals surface area contributed by atoms with E-state index in [9.17, 15) is 0 Å². The third-order valence-electron chi connectivity index (χ3n) is 3.30. The molecule has 0 radical (unpaired) electrons. The number of aryl methyl sites for hydroxylation is 2. The second-order valence-electron chi connectivity index (χ2n) is 4.71.